The number of nitrogens with zero attached hydrogens (tertiary/aromatic N) is 1. The third-order valence-electron chi connectivity index (χ3n) is 6.10. The quantitative estimate of drug-likeness (QED) is 0.735. The molecular formula is C22H25F2N3O2. The molecule has 2 aromatic carbocycles. The predicted octanol–water partition coefficient (Wildman–Crippen LogP) is 2.21. The Morgan fingerprint density at radius 1 is 1.10 bits per heavy atom. The number of hydrazine groups is 1. The molecule has 4 rings (SSSR count). The molecule has 0 spiro atoms. The minimum atomic E-state index is -0.729. The van der Waals surface area contributed by atoms with Gasteiger partial charge < -0.3 is 10.0 Å². The molecule has 2 aromatic rings. The Hall–Kier alpha value is -2.35. The minimum absolute atomic E-state index is 0.204. The van der Waals surface area contributed by atoms with Gasteiger partial charge in [0.05, 0.1) is 25.1 Å². The number of carbonyl (C=O) groups excluding carboxylic acids is 1. The number of nitrogens with one attached hydrogen (secondary N) is 2. The monoisotopic (exact) mass is 401 g/mol. The summed E-state index contributed by atoms with van der Waals surface area (Å²) in [5.41, 5.74) is 9.47. The largest absolute Gasteiger partial charge is 0.394 e. The maximum atomic E-state index is 14.0. The molecule has 3 N–H and O–H groups in total. The number of amides is 1. The fourth-order valence-electron chi connectivity index (χ4n) is 4.63. The van der Waals surface area contributed by atoms with E-state index in [1.165, 1.54) is 11.6 Å². The van der Waals surface area contributed by atoms with Crippen molar-refractivity contribution in [2.24, 2.45) is 0 Å². The maximum absolute atomic E-state index is 14.0. The second kappa shape index (κ2) is 8.18. The molecule has 0 radical (unpaired) electrons. The van der Waals surface area contributed by atoms with E-state index in [1.807, 2.05) is 19.1 Å². The summed E-state index contributed by atoms with van der Waals surface area (Å²) in [5, 5.41) is 10.0. The first kappa shape index (κ1) is 19.9. The Kier molecular flexibility index (Phi) is 5.63. The van der Waals surface area contributed by atoms with E-state index in [9.17, 15) is 18.7 Å². The van der Waals surface area contributed by atoms with Crippen LogP contribution in [0.1, 0.15) is 41.1 Å². The van der Waals surface area contributed by atoms with Crippen molar-refractivity contribution in [3.05, 3.63) is 70.3 Å². The average Bonchev–Trinajstić information content (AvgIpc) is 3.24. The van der Waals surface area contributed by atoms with Gasteiger partial charge in [-0.3, -0.25) is 15.6 Å². The number of aliphatic hydroxyl groups is 1. The first-order chi connectivity index (χ1) is 14.0. The molecule has 29 heavy (non-hydrogen) atoms. The summed E-state index contributed by atoms with van der Waals surface area (Å²) in [6.07, 6.45) is 0.152. The molecule has 0 unspecified atom stereocenters. The SMILES string of the molecule is C[C@H]1c2cccc(C3CNNC3)c2C[C@H](CO)N1C(=O)Cc1c(F)cccc1F. The van der Waals surface area contributed by atoms with Crippen molar-refractivity contribution in [2.75, 3.05) is 19.7 Å². The van der Waals surface area contributed by atoms with E-state index < -0.39 is 17.7 Å². The van der Waals surface area contributed by atoms with E-state index in [2.05, 4.69) is 16.9 Å². The van der Waals surface area contributed by atoms with Gasteiger partial charge in [0, 0.05) is 24.6 Å². The Labute approximate surface area is 168 Å². The van der Waals surface area contributed by atoms with Crippen LogP contribution < -0.4 is 10.9 Å². The van der Waals surface area contributed by atoms with Gasteiger partial charge >= 0.3 is 0 Å². The van der Waals surface area contributed by atoms with E-state index in [4.69, 9.17) is 0 Å². The Balaban J connectivity index is 1.66. The number of hydrogen-bond donors (Lipinski definition) is 3. The second-order valence-electron chi connectivity index (χ2n) is 7.77. The first-order valence-corrected chi connectivity index (χ1v) is 9.93. The number of hydrogen-bond acceptors (Lipinski definition) is 4. The van der Waals surface area contributed by atoms with Gasteiger partial charge in [0.25, 0.3) is 0 Å². The molecule has 7 heteroatoms. The zero-order valence-corrected chi connectivity index (χ0v) is 16.3. The second-order valence-corrected chi connectivity index (χ2v) is 7.77. The summed E-state index contributed by atoms with van der Waals surface area (Å²) < 4.78 is 28.1. The standard InChI is InChI=1S/C22H25F2N3O2/c1-13-16-4-2-5-17(14-10-25-26-11-14)18(16)8-15(12-28)27(13)22(29)9-19-20(23)6-3-7-21(19)24/h2-7,13-15,25-26,28H,8-12H2,1H3/t13-,15+/m0/s1. The van der Waals surface area contributed by atoms with Crippen molar-refractivity contribution in [1.29, 1.82) is 0 Å². The van der Waals surface area contributed by atoms with E-state index in [0.29, 0.717) is 12.3 Å². The minimum Gasteiger partial charge on any atom is -0.394 e. The zero-order valence-electron chi connectivity index (χ0n) is 16.3. The molecular weight excluding hydrogens is 376 g/mol. The van der Waals surface area contributed by atoms with Gasteiger partial charge in [-0.2, -0.15) is 0 Å². The van der Waals surface area contributed by atoms with Crippen LogP contribution in [0.4, 0.5) is 8.78 Å². The zero-order chi connectivity index (χ0) is 20.5. The third kappa shape index (κ3) is 3.66. The van der Waals surface area contributed by atoms with Crippen molar-refractivity contribution >= 4 is 5.91 Å². The highest BCUT2D eigenvalue weighted by atomic mass is 19.1. The number of rotatable bonds is 4. The predicted molar refractivity (Wildman–Crippen MR) is 105 cm³/mol. The van der Waals surface area contributed by atoms with E-state index in [-0.39, 0.29) is 30.5 Å². The highest BCUT2D eigenvalue weighted by molar-refractivity contribution is 5.80. The summed E-state index contributed by atoms with van der Waals surface area (Å²) in [6, 6.07) is 8.96. The lowest BCUT2D eigenvalue weighted by atomic mass is 9.82. The van der Waals surface area contributed by atoms with E-state index >= 15 is 0 Å². The maximum Gasteiger partial charge on any atom is 0.228 e. The molecule has 2 aliphatic rings. The number of fused-ring (bicyclic) bond motifs is 1. The summed E-state index contributed by atoms with van der Waals surface area (Å²) >= 11 is 0. The highest BCUT2D eigenvalue weighted by Crippen LogP contribution is 2.37. The van der Waals surface area contributed by atoms with Crippen LogP contribution in [-0.2, 0) is 17.6 Å². The molecule has 2 heterocycles. The first-order valence-electron chi connectivity index (χ1n) is 9.93. The van der Waals surface area contributed by atoms with Gasteiger partial charge in [-0.05, 0) is 42.2 Å². The van der Waals surface area contributed by atoms with Gasteiger partial charge in [-0.15, -0.1) is 0 Å². The number of aliphatic hydroxyl groups excluding tert-OH is 1. The van der Waals surface area contributed by atoms with E-state index in [1.54, 1.807) is 4.90 Å². The lowest BCUT2D eigenvalue weighted by Gasteiger charge is -2.42. The van der Waals surface area contributed by atoms with Crippen LogP contribution in [0.3, 0.4) is 0 Å². The molecule has 2 atom stereocenters. The van der Waals surface area contributed by atoms with Crippen molar-refractivity contribution in [1.82, 2.24) is 15.8 Å². The van der Waals surface area contributed by atoms with Gasteiger partial charge in [-0.25, -0.2) is 8.78 Å². The van der Waals surface area contributed by atoms with Crippen LogP contribution in [0.25, 0.3) is 0 Å². The van der Waals surface area contributed by atoms with Crippen molar-refractivity contribution < 1.29 is 18.7 Å². The van der Waals surface area contributed by atoms with Crippen LogP contribution in [0.2, 0.25) is 0 Å². The smallest absolute Gasteiger partial charge is 0.228 e. The molecule has 1 saturated heterocycles. The van der Waals surface area contributed by atoms with Crippen LogP contribution >= 0.6 is 0 Å². The molecule has 5 nitrogen and oxygen atoms in total. The van der Waals surface area contributed by atoms with Crippen LogP contribution in [0.15, 0.2) is 36.4 Å². The summed E-state index contributed by atoms with van der Waals surface area (Å²) in [7, 11) is 0. The van der Waals surface area contributed by atoms with E-state index in [0.717, 1.165) is 36.3 Å². The van der Waals surface area contributed by atoms with Crippen molar-refractivity contribution in [3.63, 3.8) is 0 Å². The van der Waals surface area contributed by atoms with Gasteiger partial charge in [0.15, 0.2) is 0 Å². The lowest BCUT2D eigenvalue weighted by Crippen LogP contribution is -2.49. The molecule has 1 fully saturated rings. The third-order valence-corrected chi connectivity index (χ3v) is 6.10. The fourth-order valence-corrected chi connectivity index (χ4v) is 4.63. The molecule has 154 valence electrons. The van der Waals surface area contributed by atoms with Crippen LogP contribution in [0.5, 0.6) is 0 Å². The average molecular weight is 401 g/mol. The van der Waals surface area contributed by atoms with Crippen LogP contribution in [0, 0.1) is 11.6 Å². The molecule has 2 aliphatic heterocycles. The number of carbonyl (C=O) groups is 1. The Morgan fingerprint density at radius 3 is 2.38 bits per heavy atom. The Morgan fingerprint density at radius 2 is 1.72 bits per heavy atom. The van der Waals surface area contributed by atoms with Crippen molar-refractivity contribution in [3.8, 4) is 0 Å². The van der Waals surface area contributed by atoms with Gasteiger partial charge in [0.1, 0.15) is 11.6 Å². The van der Waals surface area contributed by atoms with Crippen LogP contribution in [-0.4, -0.2) is 41.7 Å². The molecule has 0 aliphatic carbocycles. The van der Waals surface area contributed by atoms with Gasteiger partial charge in [-0.1, -0.05) is 24.3 Å². The normalized spacial score (nSPS) is 22.0. The summed E-state index contributed by atoms with van der Waals surface area (Å²) in [4.78, 5) is 14.7. The van der Waals surface area contributed by atoms with Gasteiger partial charge in [0.2, 0.25) is 5.91 Å². The summed E-state index contributed by atoms with van der Waals surface area (Å²) in [5.74, 6) is -1.52. The topological polar surface area (TPSA) is 64.6 Å². The Bertz CT molecular complexity index is 895. The number of benzene rings is 2. The van der Waals surface area contributed by atoms with Crippen molar-refractivity contribution in [2.45, 2.75) is 37.8 Å². The molecule has 0 aromatic heterocycles. The lowest BCUT2D eigenvalue weighted by molar-refractivity contribution is -0.137. The fraction of sp³-hybridized carbons (Fsp3) is 0.409. The molecule has 1 amide bonds. The summed E-state index contributed by atoms with van der Waals surface area (Å²) in [6.45, 7) is 3.35. The molecule has 0 saturated carbocycles. The number of halogens is 2. The molecule has 0 bridgehead atoms. The highest BCUT2D eigenvalue weighted by Gasteiger charge is 2.37.